The van der Waals surface area contributed by atoms with Crippen molar-refractivity contribution in [3.05, 3.63) is 23.2 Å². The highest BCUT2D eigenvalue weighted by Crippen LogP contribution is 2.28. The van der Waals surface area contributed by atoms with E-state index in [1.54, 1.807) is 4.57 Å². The van der Waals surface area contributed by atoms with Crippen molar-refractivity contribution in [2.45, 2.75) is 58.6 Å². The fraction of sp³-hybridized carbons (Fsp3) is 0.529. The summed E-state index contributed by atoms with van der Waals surface area (Å²) in [5.74, 6) is -1.38. The van der Waals surface area contributed by atoms with Crippen LogP contribution in [0.2, 0.25) is 5.28 Å². The van der Waals surface area contributed by atoms with Crippen LogP contribution in [0.15, 0.2) is 12.3 Å². The molecule has 7 nitrogen and oxygen atoms in total. The van der Waals surface area contributed by atoms with Gasteiger partial charge in [0, 0.05) is 24.0 Å². The molecule has 0 aromatic carbocycles. The second kappa shape index (κ2) is 7.39. The average molecular weight is 368 g/mol. The molecule has 1 N–H and O–H groups in total. The first kappa shape index (κ1) is 19.2. The molecule has 1 unspecified atom stereocenters. The SMILES string of the molecule is CCC(CCC(=O)OC(C)(C)C)n1c(C(=O)O)cc2cnc(Cl)nc21. The van der Waals surface area contributed by atoms with Crippen molar-refractivity contribution >= 4 is 34.6 Å². The molecule has 2 aromatic heterocycles. The third-order valence-electron chi connectivity index (χ3n) is 3.70. The van der Waals surface area contributed by atoms with Gasteiger partial charge in [-0.05, 0) is 51.3 Å². The van der Waals surface area contributed by atoms with Crippen LogP contribution in [0, 0.1) is 0 Å². The second-order valence-electron chi connectivity index (χ2n) is 6.81. The highest BCUT2D eigenvalue weighted by atomic mass is 35.5. The number of aromatic nitrogens is 3. The van der Waals surface area contributed by atoms with Crippen molar-refractivity contribution < 1.29 is 19.4 Å². The number of carboxylic acids is 1. The summed E-state index contributed by atoms with van der Waals surface area (Å²) in [5, 5.41) is 10.2. The van der Waals surface area contributed by atoms with Gasteiger partial charge in [-0.2, -0.15) is 4.98 Å². The van der Waals surface area contributed by atoms with E-state index in [1.807, 2.05) is 27.7 Å². The molecular formula is C17H22ClN3O4. The van der Waals surface area contributed by atoms with Crippen molar-refractivity contribution in [2.75, 3.05) is 0 Å². The summed E-state index contributed by atoms with van der Waals surface area (Å²) in [4.78, 5) is 31.7. The molecule has 0 saturated heterocycles. The molecule has 0 bridgehead atoms. The Hall–Kier alpha value is -2.15. The van der Waals surface area contributed by atoms with Gasteiger partial charge in [-0.25, -0.2) is 9.78 Å². The van der Waals surface area contributed by atoms with Crippen LogP contribution in [0.5, 0.6) is 0 Å². The van der Waals surface area contributed by atoms with Gasteiger partial charge in [0.05, 0.1) is 0 Å². The summed E-state index contributed by atoms with van der Waals surface area (Å²) < 4.78 is 6.94. The Morgan fingerprint density at radius 2 is 2.08 bits per heavy atom. The zero-order chi connectivity index (χ0) is 18.8. The van der Waals surface area contributed by atoms with E-state index >= 15 is 0 Å². The van der Waals surface area contributed by atoms with Gasteiger partial charge in [-0.1, -0.05) is 6.92 Å². The summed E-state index contributed by atoms with van der Waals surface area (Å²) in [7, 11) is 0. The number of hydrogen-bond donors (Lipinski definition) is 1. The fourth-order valence-corrected chi connectivity index (χ4v) is 2.84. The van der Waals surface area contributed by atoms with Crippen molar-refractivity contribution in [3.63, 3.8) is 0 Å². The van der Waals surface area contributed by atoms with Crippen LogP contribution in [0.25, 0.3) is 11.0 Å². The lowest BCUT2D eigenvalue weighted by atomic mass is 10.1. The molecule has 2 rings (SSSR count). The third kappa shape index (κ3) is 4.69. The van der Waals surface area contributed by atoms with E-state index in [2.05, 4.69) is 9.97 Å². The number of nitrogens with zero attached hydrogens (tertiary/aromatic N) is 3. The summed E-state index contributed by atoms with van der Waals surface area (Å²) >= 11 is 5.87. The smallest absolute Gasteiger partial charge is 0.352 e. The molecule has 2 heterocycles. The molecule has 136 valence electrons. The van der Waals surface area contributed by atoms with Gasteiger partial charge in [0.25, 0.3) is 0 Å². The molecule has 0 spiro atoms. The maximum absolute atomic E-state index is 12.0. The van der Waals surface area contributed by atoms with Crippen molar-refractivity contribution in [2.24, 2.45) is 0 Å². The molecule has 0 radical (unpaired) electrons. The Labute approximate surface area is 151 Å². The fourth-order valence-electron chi connectivity index (χ4n) is 2.71. The first-order valence-corrected chi connectivity index (χ1v) is 8.48. The zero-order valence-electron chi connectivity index (χ0n) is 14.7. The maximum Gasteiger partial charge on any atom is 0.352 e. The number of carbonyl (C=O) groups is 2. The van der Waals surface area contributed by atoms with E-state index in [1.165, 1.54) is 12.3 Å². The number of halogens is 1. The highest BCUT2D eigenvalue weighted by Gasteiger charge is 2.24. The number of ether oxygens (including phenoxy) is 1. The third-order valence-corrected chi connectivity index (χ3v) is 3.89. The van der Waals surface area contributed by atoms with Gasteiger partial charge in [-0.3, -0.25) is 4.79 Å². The van der Waals surface area contributed by atoms with Crippen molar-refractivity contribution in [1.82, 2.24) is 14.5 Å². The monoisotopic (exact) mass is 367 g/mol. The molecule has 0 aliphatic rings. The molecule has 0 aliphatic carbocycles. The van der Waals surface area contributed by atoms with Crippen LogP contribution in [0.3, 0.4) is 0 Å². The van der Waals surface area contributed by atoms with E-state index in [0.29, 0.717) is 23.9 Å². The zero-order valence-corrected chi connectivity index (χ0v) is 15.5. The molecule has 0 fully saturated rings. The number of esters is 1. The van der Waals surface area contributed by atoms with Crippen LogP contribution >= 0.6 is 11.6 Å². The molecule has 0 amide bonds. The summed E-state index contributed by atoms with van der Waals surface area (Å²) in [5.41, 5.74) is 0.00221. The van der Waals surface area contributed by atoms with E-state index in [4.69, 9.17) is 16.3 Å². The van der Waals surface area contributed by atoms with Crippen LogP contribution in [0.4, 0.5) is 0 Å². The normalized spacial score (nSPS) is 13.0. The van der Waals surface area contributed by atoms with Gasteiger partial charge in [0.2, 0.25) is 5.28 Å². The topological polar surface area (TPSA) is 94.3 Å². The van der Waals surface area contributed by atoms with Crippen LogP contribution in [0.1, 0.15) is 63.5 Å². The predicted molar refractivity (Wildman–Crippen MR) is 93.9 cm³/mol. The molecular weight excluding hydrogens is 346 g/mol. The second-order valence-corrected chi connectivity index (χ2v) is 7.15. The quantitative estimate of drug-likeness (QED) is 0.615. The number of fused-ring (bicyclic) bond motifs is 1. The summed E-state index contributed by atoms with van der Waals surface area (Å²) in [6, 6.07) is 1.30. The molecule has 2 aromatic rings. The Bertz CT molecular complexity index is 795. The lowest BCUT2D eigenvalue weighted by Gasteiger charge is -2.22. The molecule has 0 aliphatic heterocycles. The van der Waals surface area contributed by atoms with E-state index < -0.39 is 11.6 Å². The maximum atomic E-state index is 12.0. The first-order valence-electron chi connectivity index (χ1n) is 8.11. The van der Waals surface area contributed by atoms with Gasteiger partial charge in [-0.15, -0.1) is 0 Å². The standard InChI is InChI=1S/C17H22ClN3O4/c1-5-11(6-7-13(22)25-17(2,3)4)21-12(15(23)24)8-10-9-19-16(18)20-14(10)21/h8-9,11H,5-7H2,1-4H3,(H,23,24). The van der Waals surface area contributed by atoms with E-state index in [-0.39, 0.29) is 29.4 Å². The summed E-state index contributed by atoms with van der Waals surface area (Å²) in [6.45, 7) is 7.36. The van der Waals surface area contributed by atoms with E-state index in [0.717, 1.165) is 0 Å². The van der Waals surface area contributed by atoms with Crippen LogP contribution < -0.4 is 0 Å². The first-order chi connectivity index (χ1) is 11.6. The van der Waals surface area contributed by atoms with Gasteiger partial charge >= 0.3 is 11.9 Å². The Kier molecular flexibility index (Phi) is 5.67. The van der Waals surface area contributed by atoms with Gasteiger partial charge in [0.15, 0.2) is 0 Å². The Morgan fingerprint density at radius 3 is 2.64 bits per heavy atom. The lowest BCUT2D eigenvalue weighted by molar-refractivity contribution is -0.155. The van der Waals surface area contributed by atoms with Gasteiger partial charge in [0.1, 0.15) is 16.9 Å². The average Bonchev–Trinajstić information content (AvgIpc) is 2.85. The molecule has 8 heteroatoms. The number of rotatable bonds is 6. The van der Waals surface area contributed by atoms with Crippen molar-refractivity contribution in [3.8, 4) is 0 Å². The number of aromatic carboxylic acids is 1. The van der Waals surface area contributed by atoms with Crippen molar-refractivity contribution in [1.29, 1.82) is 0 Å². The van der Waals surface area contributed by atoms with Crippen LogP contribution in [-0.2, 0) is 9.53 Å². The number of hydrogen-bond acceptors (Lipinski definition) is 5. The molecule has 1 atom stereocenters. The summed E-state index contributed by atoms with van der Waals surface area (Å²) in [6.07, 6.45) is 2.76. The highest BCUT2D eigenvalue weighted by molar-refractivity contribution is 6.28. The minimum absolute atomic E-state index is 0.0470. The van der Waals surface area contributed by atoms with E-state index in [9.17, 15) is 14.7 Å². The number of carbonyl (C=O) groups excluding carboxylic acids is 1. The largest absolute Gasteiger partial charge is 0.477 e. The minimum Gasteiger partial charge on any atom is -0.477 e. The molecule has 0 saturated carbocycles. The predicted octanol–water partition coefficient (Wildman–Crippen LogP) is 3.86. The molecule has 25 heavy (non-hydrogen) atoms. The number of carboxylic acid groups (broad SMARTS) is 1. The Balaban J connectivity index is 2.33. The minimum atomic E-state index is -1.06. The lowest BCUT2D eigenvalue weighted by Crippen LogP contribution is -2.24. The Morgan fingerprint density at radius 1 is 1.40 bits per heavy atom. The van der Waals surface area contributed by atoms with Gasteiger partial charge < -0.3 is 14.4 Å². The van der Waals surface area contributed by atoms with Crippen LogP contribution in [-0.4, -0.2) is 37.2 Å².